The van der Waals surface area contributed by atoms with E-state index in [0.29, 0.717) is 16.5 Å². The molecule has 0 heterocycles. The lowest BCUT2D eigenvalue weighted by Gasteiger charge is -2.06. The van der Waals surface area contributed by atoms with E-state index < -0.39 is 0 Å². The molecule has 11 heavy (non-hydrogen) atoms. The van der Waals surface area contributed by atoms with Gasteiger partial charge in [-0.15, -0.1) is 0 Å². The summed E-state index contributed by atoms with van der Waals surface area (Å²) in [5, 5.41) is 0.624. The minimum absolute atomic E-state index is 0.624. The predicted octanol–water partition coefficient (Wildman–Crippen LogP) is 1.63. The van der Waals surface area contributed by atoms with Crippen molar-refractivity contribution in [3.05, 3.63) is 23.2 Å². The molecular formula is C7H9ClN2O. The van der Waals surface area contributed by atoms with Crippen LogP contribution < -0.4 is 16.0 Å². The molecule has 0 amide bonds. The van der Waals surface area contributed by atoms with E-state index in [1.807, 2.05) is 0 Å². The molecule has 60 valence electrons. The van der Waals surface area contributed by atoms with Crippen LogP contribution in [0.25, 0.3) is 0 Å². The number of anilines is 1. The highest BCUT2D eigenvalue weighted by Gasteiger charge is 1.99. The smallest absolute Gasteiger partial charge is 0.143 e. The third-order valence-corrected chi connectivity index (χ3v) is 1.55. The summed E-state index contributed by atoms with van der Waals surface area (Å²) < 4.78 is 4.99. The number of halogens is 1. The van der Waals surface area contributed by atoms with E-state index in [-0.39, 0.29) is 0 Å². The summed E-state index contributed by atoms with van der Waals surface area (Å²) in [7, 11) is 1.57. The van der Waals surface area contributed by atoms with Crippen molar-refractivity contribution in [2.45, 2.75) is 0 Å². The largest absolute Gasteiger partial charge is 0.495 e. The molecule has 0 aliphatic heterocycles. The van der Waals surface area contributed by atoms with Crippen molar-refractivity contribution in [3.8, 4) is 5.75 Å². The molecule has 1 aromatic carbocycles. The van der Waals surface area contributed by atoms with E-state index in [9.17, 15) is 0 Å². The van der Waals surface area contributed by atoms with Crippen LogP contribution in [0.4, 0.5) is 5.69 Å². The van der Waals surface area contributed by atoms with Gasteiger partial charge in [-0.1, -0.05) is 11.6 Å². The SMILES string of the molecule is COc1ccc(Cl)cc1NN. The zero-order valence-corrected chi connectivity index (χ0v) is 6.85. The maximum atomic E-state index is 5.70. The fourth-order valence-corrected chi connectivity index (χ4v) is 0.965. The Hall–Kier alpha value is -0.930. The van der Waals surface area contributed by atoms with Gasteiger partial charge >= 0.3 is 0 Å². The summed E-state index contributed by atoms with van der Waals surface area (Å²) in [5.41, 5.74) is 3.16. The van der Waals surface area contributed by atoms with Crippen molar-refractivity contribution in [3.63, 3.8) is 0 Å². The fraction of sp³-hybridized carbons (Fsp3) is 0.143. The molecule has 0 saturated heterocycles. The third kappa shape index (κ3) is 1.76. The number of hydrogen-bond acceptors (Lipinski definition) is 3. The Morgan fingerprint density at radius 1 is 1.55 bits per heavy atom. The molecular weight excluding hydrogens is 164 g/mol. The van der Waals surface area contributed by atoms with E-state index in [1.165, 1.54) is 0 Å². The number of hydrazine groups is 1. The van der Waals surface area contributed by atoms with Crippen molar-refractivity contribution in [2.24, 2.45) is 5.84 Å². The molecule has 0 bridgehead atoms. The lowest BCUT2D eigenvalue weighted by Crippen LogP contribution is -2.07. The number of nitrogens with two attached hydrogens (primary N) is 1. The van der Waals surface area contributed by atoms with Gasteiger partial charge in [0, 0.05) is 5.02 Å². The van der Waals surface area contributed by atoms with Gasteiger partial charge in [0.15, 0.2) is 0 Å². The molecule has 0 atom stereocenters. The maximum absolute atomic E-state index is 5.70. The van der Waals surface area contributed by atoms with Crippen LogP contribution in [0.3, 0.4) is 0 Å². The Labute approximate surface area is 70.1 Å². The van der Waals surface area contributed by atoms with Crippen LogP contribution in [-0.4, -0.2) is 7.11 Å². The van der Waals surface area contributed by atoms with Gasteiger partial charge in [0.05, 0.1) is 12.8 Å². The van der Waals surface area contributed by atoms with Crippen molar-refractivity contribution < 1.29 is 4.74 Å². The zero-order valence-electron chi connectivity index (χ0n) is 6.10. The quantitative estimate of drug-likeness (QED) is 0.527. The van der Waals surface area contributed by atoms with Gasteiger partial charge in [0.25, 0.3) is 0 Å². The number of hydrogen-bond donors (Lipinski definition) is 2. The zero-order chi connectivity index (χ0) is 8.27. The summed E-state index contributed by atoms with van der Waals surface area (Å²) in [4.78, 5) is 0. The number of ether oxygens (including phenoxy) is 1. The summed E-state index contributed by atoms with van der Waals surface area (Å²) in [5.74, 6) is 5.88. The molecule has 4 heteroatoms. The molecule has 1 aromatic rings. The predicted molar refractivity (Wildman–Crippen MR) is 45.8 cm³/mol. The average molecular weight is 173 g/mol. The van der Waals surface area contributed by atoms with Crippen LogP contribution in [0.2, 0.25) is 5.02 Å². The van der Waals surface area contributed by atoms with Gasteiger partial charge in [-0.2, -0.15) is 0 Å². The Morgan fingerprint density at radius 2 is 2.27 bits per heavy atom. The van der Waals surface area contributed by atoms with Gasteiger partial charge < -0.3 is 10.2 Å². The normalized spacial score (nSPS) is 9.36. The number of nitrogen functional groups attached to an aromatic ring is 1. The highest BCUT2D eigenvalue weighted by atomic mass is 35.5. The van der Waals surface area contributed by atoms with Crippen LogP contribution in [0, 0.1) is 0 Å². The topological polar surface area (TPSA) is 47.3 Å². The van der Waals surface area contributed by atoms with Crippen LogP contribution in [-0.2, 0) is 0 Å². The van der Waals surface area contributed by atoms with Gasteiger partial charge in [0.2, 0.25) is 0 Å². The second-order valence-electron chi connectivity index (χ2n) is 1.99. The molecule has 0 aliphatic rings. The van der Waals surface area contributed by atoms with Crippen molar-refractivity contribution in [2.75, 3.05) is 12.5 Å². The first-order valence-electron chi connectivity index (χ1n) is 3.08. The van der Waals surface area contributed by atoms with Crippen LogP contribution in [0.5, 0.6) is 5.75 Å². The summed E-state index contributed by atoms with van der Waals surface area (Å²) in [6.07, 6.45) is 0. The Kier molecular flexibility index (Phi) is 2.57. The maximum Gasteiger partial charge on any atom is 0.143 e. The lowest BCUT2D eigenvalue weighted by atomic mass is 10.3. The van der Waals surface area contributed by atoms with Gasteiger partial charge in [-0.25, -0.2) is 0 Å². The first-order chi connectivity index (χ1) is 5.27. The second-order valence-corrected chi connectivity index (χ2v) is 2.43. The first kappa shape index (κ1) is 8.17. The fourth-order valence-electron chi connectivity index (χ4n) is 0.793. The Morgan fingerprint density at radius 3 is 2.82 bits per heavy atom. The summed E-state index contributed by atoms with van der Waals surface area (Å²) in [6, 6.07) is 5.18. The molecule has 0 radical (unpaired) electrons. The second kappa shape index (κ2) is 3.46. The highest BCUT2D eigenvalue weighted by Crippen LogP contribution is 2.26. The number of nitrogens with one attached hydrogen (secondary N) is 1. The van der Waals surface area contributed by atoms with Crippen LogP contribution in [0.1, 0.15) is 0 Å². The molecule has 0 unspecified atom stereocenters. The molecule has 1 rings (SSSR count). The van der Waals surface area contributed by atoms with Gasteiger partial charge in [-0.3, -0.25) is 5.84 Å². The number of rotatable bonds is 2. The monoisotopic (exact) mass is 172 g/mol. The number of benzene rings is 1. The van der Waals surface area contributed by atoms with E-state index in [1.54, 1.807) is 25.3 Å². The van der Waals surface area contributed by atoms with Crippen molar-refractivity contribution >= 4 is 17.3 Å². The Bertz CT molecular complexity index is 252. The van der Waals surface area contributed by atoms with Crippen LogP contribution >= 0.6 is 11.6 Å². The van der Waals surface area contributed by atoms with E-state index in [0.717, 1.165) is 0 Å². The van der Waals surface area contributed by atoms with Gasteiger partial charge in [-0.05, 0) is 18.2 Å². The molecule has 0 saturated carbocycles. The first-order valence-corrected chi connectivity index (χ1v) is 3.46. The molecule has 3 nitrogen and oxygen atoms in total. The van der Waals surface area contributed by atoms with Crippen molar-refractivity contribution in [1.29, 1.82) is 0 Å². The highest BCUT2D eigenvalue weighted by molar-refractivity contribution is 6.30. The molecule has 0 spiro atoms. The lowest BCUT2D eigenvalue weighted by molar-refractivity contribution is 0.416. The van der Waals surface area contributed by atoms with E-state index >= 15 is 0 Å². The third-order valence-electron chi connectivity index (χ3n) is 1.32. The van der Waals surface area contributed by atoms with Crippen molar-refractivity contribution in [1.82, 2.24) is 0 Å². The minimum atomic E-state index is 0.624. The minimum Gasteiger partial charge on any atom is -0.495 e. The molecule has 0 aliphatic carbocycles. The summed E-state index contributed by atoms with van der Waals surface area (Å²) in [6.45, 7) is 0. The average Bonchev–Trinajstić information content (AvgIpc) is 2.04. The Balaban J connectivity index is 3.06. The molecule has 3 N–H and O–H groups in total. The van der Waals surface area contributed by atoms with Gasteiger partial charge in [0.1, 0.15) is 5.75 Å². The summed E-state index contributed by atoms with van der Waals surface area (Å²) >= 11 is 5.70. The standard InChI is InChI=1S/C7H9ClN2O/c1-11-7-3-2-5(8)4-6(7)10-9/h2-4,10H,9H2,1H3. The van der Waals surface area contributed by atoms with Crippen LogP contribution in [0.15, 0.2) is 18.2 Å². The molecule has 0 aromatic heterocycles. The van der Waals surface area contributed by atoms with E-state index in [4.69, 9.17) is 22.2 Å². The molecule has 0 fully saturated rings. The van der Waals surface area contributed by atoms with E-state index in [2.05, 4.69) is 5.43 Å². The number of methoxy groups -OCH3 is 1.